The molecule has 0 aromatic carbocycles. The average Bonchev–Trinajstić information content (AvgIpc) is 1.97. The minimum atomic E-state index is -4.27. The van der Waals surface area contributed by atoms with Gasteiger partial charge in [-0.05, 0) is 0 Å². The number of hydrogen-bond donors (Lipinski definition) is 1. The van der Waals surface area contributed by atoms with Crippen molar-refractivity contribution in [1.82, 2.24) is 0 Å². The molecule has 0 heterocycles. The van der Waals surface area contributed by atoms with Crippen molar-refractivity contribution in [3.05, 3.63) is 12.7 Å². The first-order valence-corrected chi connectivity index (χ1v) is 6.38. The van der Waals surface area contributed by atoms with Gasteiger partial charge in [-0.2, -0.15) is 16.8 Å². The van der Waals surface area contributed by atoms with Crippen molar-refractivity contribution in [3.63, 3.8) is 0 Å². The van der Waals surface area contributed by atoms with Gasteiger partial charge in [-0.15, -0.1) is 6.58 Å². The van der Waals surface area contributed by atoms with Gasteiger partial charge in [0, 0.05) is 0 Å². The van der Waals surface area contributed by atoms with Crippen LogP contribution < -0.4 is 0 Å². The number of hydrogen-bond acceptors (Lipinski definition) is 5. The average molecular weight is 230 g/mol. The van der Waals surface area contributed by atoms with Crippen molar-refractivity contribution >= 4 is 20.2 Å². The van der Waals surface area contributed by atoms with Crippen molar-refractivity contribution in [2.75, 3.05) is 18.1 Å². The molecular formula is C5H10O6S2. The van der Waals surface area contributed by atoms with Crippen LogP contribution in [0.4, 0.5) is 0 Å². The Labute approximate surface area is 77.1 Å². The maximum absolute atomic E-state index is 10.8. The fourth-order valence-electron chi connectivity index (χ4n) is 0.418. The minimum absolute atomic E-state index is 0.214. The summed E-state index contributed by atoms with van der Waals surface area (Å²) in [4.78, 5) is 0. The second-order valence-corrected chi connectivity index (χ2v) is 5.45. The summed E-state index contributed by atoms with van der Waals surface area (Å²) in [6, 6.07) is 0. The van der Waals surface area contributed by atoms with E-state index in [0.29, 0.717) is 0 Å². The fraction of sp³-hybridized carbons (Fsp3) is 0.600. The first-order valence-electron chi connectivity index (χ1n) is 3.20. The van der Waals surface area contributed by atoms with Gasteiger partial charge in [0.2, 0.25) is 0 Å². The summed E-state index contributed by atoms with van der Waals surface area (Å²) in [6.45, 7) is 3.00. The highest BCUT2D eigenvalue weighted by Crippen LogP contribution is 1.95. The smallest absolute Gasteiger partial charge is 0.268 e. The summed E-state index contributed by atoms with van der Waals surface area (Å²) in [5, 5.41) is 0. The standard InChI is InChI=1S/C5H10O6S2/c1-2-3-11-13(9,10)5-4-12(6,7)8/h2H,1,3-5H2,(H,6,7,8). The molecule has 0 aromatic rings. The largest absolute Gasteiger partial charge is 0.286 e. The van der Waals surface area contributed by atoms with Crippen LogP contribution in [0, 0.1) is 0 Å². The van der Waals surface area contributed by atoms with E-state index in [1.165, 1.54) is 6.08 Å². The van der Waals surface area contributed by atoms with E-state index in [2.05, 4.69) is 10.8 Å². The van der Waals surface area contributed by atoms with E-state index >= 15 is 0 Å². The molecule has 13 heavy (non-hydrogen) atoms. The Morgan fingerprint density at radius 3 is 2.15 bits per heavy atom. The Hall–Kier alpha value is -0.440. The highest BCUT2D eigenvalue weighted by molar-refractivity contribution is 7.90. The molecule has 0 amide bonds. The zero-order chi connectivity index (χ0) is 10.5. The summed E-state index contributed by atoms with van der Waals surface area (Å²) < 4.78 is 54.4. The van der Waals surface area contributed by atoms with Crippen LogP contribution >= 0.6 is 0 Å². The van der Waals surface area contributed by atoms with E-state index in [9.17, 15) is 16.8 Å². The van der Waals surface area contributed by atoms with Crippen LogP contribution in [0.25, 0.3) is 0 Å². The molecule has 0 aliphatic rings. The van der Waals surface area contributed by atoms with Crippen molar-refractivity contribution < 1.29 is 25.6 Å². The molecular weight excluding hydrogens is 220 g/mol. The highest BCUT2D eigenvalue weighted by Gasteiger charge is 2.15. The lowest BCUT2D eigenvalue weighted by Gasteiger charge is -2.00. The van der Waals surface area contributed by atoms with Gasteiger partial charge in [0.25, 0.3) is 20.2 Å². The van der Waals surface area contributed by atoms with E-state index in [4.69, 9.17) is 4.55 Å². The lowest BCUT2D eigenvalue weighted by Crippen LogP contribution is -2.18. The van der Waals surface area contributed by atoms with Crippen molar-refractivity contribution in [3.8, 4) is 0 Å². The maximum atomic E-state index is 10.8. The van der Waals surface area contributed by atoms with Crippen LogP contribution in [-0.2, 0) is 24.4 Å². The topological polar surface area (TPSA) is 97.7 Å². The van der Waals surface area contributed by atoms with Crippen molar-refractivity contribution in [1.29, 1.82) is 0 Å². The molecule has 0 saturated heterocycles. The maximum Gasteiger partial charge on any atom is 0.268 e. The molecule has 78 valence electrons. The Balaban J connectivity index is 4.13. The van der Waals surface area contributed by atoms with Crippen LogP contribution in [0.3, 0.4) is 0 Å². The van der Waals surface area contributed by atoms with Gasteiger partial charge in [-0.1, -0.05) is 6.08 Å². The molecule has 0 unspecified atom stereocenters. The van der Waals surface area contributed by atoms with E-state index in [-0.39, 0.29) is 6.61 Å². The third kappa shape index (κ3) is 7.91. The molecule has 0 bridgehead atoms. The first kappa shape index (κ1) is 12.6. The fourth-order valence-corrected chi connectivity index (χ4v) is 2.50. The molecule has 0 rings (SSSR count). The van der Waals surface area contributed by atoms with Gasteiger partial charge in [0.15, 0.2) is 0 Å². The molecule has 0 spiro atoms. The van der Waals surface area contributed by atoms with Crippen LogP contribution in [0.1, 0.15) is 0 Å². The van der Waals surface area contributed by atoms with Gasteiger partial charge in [-0.3, -0.25) is 8.74 Å². The normalized spacial score (nSPS) is 12.7. The van der Waals surface area contributed by atoms with Gasteiger partial charge >= 0.3 is 0 Å². The summed E-state index contributed by atoms with van der Waals surface area (Å²) in [5.41, 5.74) is 0. The quantitative estimate of drug-likeness (QED) is 0.372. The van der Waals surface area contributed by atoms with Crippen molar-refractivity contribution in [2.24, 2.45) is 0 Å². The number of rotatable bonds is 6. The third-order valence-corrected chi connectivity index (χ3v) is 3.13. The zero-order valence-electron chi connectivity index (χ0n) is 6.71. The molecule has 0 aliphatic carbocycles. The summed E-state index contributed by atoms with van der Waals surface area (Å²) in [5.74, 6) is -1.63. The lowest BCUT2D eigenvalue weighted by atomic mass is 10.7. The molecule has 0 aliphatic heterocycles. The van der Waals surface area contributed by atoms with Crippen LogP contribution in [0.15, 0.2) is 12.7 Å². The highest BCUT2D eigenvalue weighted by atomic mass is 32.2. The molecule has 0 fully saturated rings. The van der Waals surface area contributed by atoms with Gasteiger partial charge in [0.05, 0.1) is 18.1 Å². The third-order valence-electron chi connectivity index (χ3n) is 0.957. The SMILES string of the molecule is C=CCOS(=O)(=O)CCS(=O)(=O)O. The van der Waals surface area contributed by atoms with E-state index < -0.39 is 31.7 Å². The van der Waals surface area contributed by atoms with E-state index in [0.717, 1.165) is 0 Å². The molecule has 0 saturated carbocycles. The summed E-state index contributed by atoms with van der Waals surface area (Å²) in [6.07, 6.45) is 1.21. The van der Waals surface area contributed by atoms with Crippen LogP contribution in [0.5, 0.6) is 0 Å². The molecule has 1 N–H and O–H groups in total. The Morgan fingerprint density at radius 2 is 1.77 bits per heavy atom. The molecule has 8 heteroatoms. The van der Waals surface area contributed by atoms with Crippen LogP contribution in [-0.4, -0.2) is 39.5 Å². The molecule has 0 aromatic heterocycles. The monoisotopic (exact) mass is 230 g/mol. The van der Waals surface area contributed by atoms with E-state index in [1.807, 2.05) is 0 Å². The van der Waals surface area contributed by atoms with E-state index in [1.54, 1.807) is 0 Å². The van der Waals surface area contributed by atoms with Crippen LogP contribution in [0.2, 0.25) is 0 Å². The summed E-state index contributed by atoms with van der Waals surface area (Å²) in [7, 11) is -8.15. The van der Waals surface area contributed by atoms with Gasteiger partial charge in [-0.25, -0.2) is 0 Å². The summed E-state index contributed by atoms with van der Waals surface area (Å²) >= 11 is 0. The molecule has 0 atom stereocenters. The Morgan fingerprint density at radius 1 is 1.23 bits per heavy atom. The Kier molecular flexibility index (Phi) is 4.54. The first-order chi connectivity index (χ1) is 5.77. The van der Waals surface area contributed by atoms with Crippen molar-refractivity contribution in [2.45, 2.75) is 0 Å². The minimum Gasteiger partial charge on any atom is -0.286 e. The lowest BCUT2D eigenvalue weighted by molar-refractivity contribution is 0.358. The Bertz CT molecular complexity index is 350. The predicted molar refractivity (Wildman–Crippen MR) is 46.4 cm³/mol. The second kappa shape index (κ2) is 4.70. The van der Waals surface area contributed by atoms with Gasteiger partial charge < -0.3 is 0 Å². The molecule has 6 nitrogen and oxygen atoms in total. The van der Waals surface area contributed by atoms with Gasteiger partial charge in [0.1, 0.15) is 0 Å². The second-order valence-electron chi connectivity index (χ2n) is 2.12. The zero-order valence-corrected chi connectivity index (χ0v) is 8.34. The molecule has 0 radical (unpaired) electrons. The predicted octanol–water partition coefficient (Wildman–Crippen LogP) is -0.593.